The second kappa shape index (κ2) is 14.1. The second-order valence-corrected chi connectivity index (χ2v) is 8.15. The number of hydrogen-bond donors (Lipinski definition) is 3. The molecular formula is C21H35IN4OS. The number of carbonyl (C=O) groups excluding carboxylic acids is 1. The molecule has 2 unspecified atom stereocenters. The predicted octanol–water partition coefficient (Wildman–Crippen LogP) is 4.17. The molecule has 2 rings (SSSR count). The molecule has 3 N–H and O–H groups in total. The summed E-state index contributed by atoms with van der Waals surface area (Å²) in [5.41, 5.74) is 1.81. The van der Waals surface area contributed by atoms with E-state index in [9.17, 15) is 4.79 Å². The van der Waals surface area contributed by atoms with Gasteiger partial charge in [0, 0.05) is 29.9 Å². The summed E-state index contributed by atoms with van der Waals surface area (Å²) < 4.78 is 0. The van der Waals surface area contributed by atoms with Crippen molar-refractivity contribution in [2.75, 3.05) is 19.3 Å². The van der Waals surface area contributed by atoms with E-state index >= 15 is 0 Å². The SMILES string of the molecule is CCCCNC(=O)c1ccc(CN=C(NCC)NC2CCC(SC)C2)cc1.I. The molecule has 0 aromatic heterocycles. The number of thioether (sulfide) groups is 1. The number of carbonyl (C=O) groups is 1. The van der Waals surface area contributed by atoms with Crippen molar-refractivity contribution in [3.63, 3.8) is 0 Å². The zero-order valence-electron chi connectivity index (χ0n) is 17.3. The van der Waals surface area contributed by atoms with Crippen LogP contribution in [0.4, 0.5) is 0 Å². The molecule has 1 aromatic carbocycles. The van der Waals surface area contributed by atoms with Crippen LogP contribution >= 0.6 is 35.7 Å². The Balaban J connectivity index is 0.00000392. The van der Waals surface area contributed by atoms with Gasteiger partial charge in [0.2, 0.25) is 0 Å². The molecule has 28 heavy (non-hydrogen) atoms. The maximum Gasteiger partial charge on any atom is 0.251 e. The van der Waals surface area contributed by atoms with Crippen molar-refractivity contribution in [1.82, 2.24) is 16.0 Å². The molecule has 2 atom stereocenters. The van der Waals surface area contributed by atoms with Gasteiger partial charge in [0.1, 0.15) is 0 Å². The Hall–Kier alpha value is -0.960. The fourth-order valence-corrected chi connectivity index (χ4v) is 4.01. The third kappa shape index (κ3) is 8.59. The van der Waals surface area contributed by atoms with Crippen LogP contribution < -0.4 is 16.0 Å². The summed E-state index contributed by atoms with van der Waals surface area (Å²) in [6.07, 6.45) is 7.97. The highest BCUT2D eigenvalue weighted by Gasteiger charge is 2.24. The van der Waals surface area contributed by atoms with E-state index < -0.39 is 0 Å². The zero-order valence-corrected chi connectivity index (χ0v) is 20.4. The van der Waals surface area contributed by atoms with E-state index in [2.05, 4.69) is 36.1 Å². The number of hydrogen-bond acceptors (Lipinski definition) is 3. The number of aliphatic imine (C=N–C) groups is 1. The fraction of sp³-hybridized carbons (Fsp3) is 0.619. The van der Waals surface area contributed by atoms with Crippen LogP contribution in [0.25, 0.3) is 0 Å². The van der Waals surface area contributed by atoms with Crippen LogP contribution in [0, 0.1) is 0 Å². The number of guanidine groups is 1. The Bertz CT molecular complexity index is 609. The van der Waals surface area contributed by atoms with Crippen molar-refractivity contribution in [2.45, 2.75) is 63.8 Å². The van der Waals surface area contributed by atoms with Crippen LogP contribution in [-0.2, 0) is 6.54 Å². The standard InChI is InChI=1S/C21H34N4OS.HI/c1-4-6-13-23-20(26)17-9-7-16(8-10-17)15-24-21(22-5-2)25-18-11-12-19(14-18)27-3;/h7-10,18-19H,4-6,11-15H2,1-3H3,(H,23,26)(H2,22,24,25);1H. The minimum absolute atomic E-state index is 0. The van der Waals surface area contributed by atoms with E-state index in [1.54, 1.807) is 0 Å². The smallest absolute Gasteiger partial charge is 0.251 e. The number of rotatable bonds is 9. The van der Waals surface area contributed by atoms with Gasteiger partial charge in [0.15, 0.2) is 5.96 Å². The fourth-order valence-electron chi connectivity index (χ4n) is 3.21. The molecule has 1 aromatic rings. The van der Waals surface area contributed by atoms with Crippen LogP contribution in [-0.4, -0.2) is 42.5 Å². The van der Waals surface area contributed by atoms with Crippen molar-refractivity contribution >= 4 is 47.6 Å². The average Bonchev–Trinajstić information content (AvgIpc) is 3.14. The maximum absolute atomic E-state index is 12.1. The number of nitrogens with zero attached hydrogens (tertiary/aromatic N) is 1. The van der Waals surface area contributed by atoms with E-state index in [1.807, 2.05) is 36.0 Å². The minimum Gasteiger partial charge on any atom is -0.357 e. The molecule has 1 aliphatic rings. The summed E-state index contributed by atoms with van der Waals surface area (Å²) in [5.74, 6) is 0.878. The lowest BCUT2D eigenvalue weighted by Gasteiger charge is -2.17. The van der Waals surface area contributed by atoms with Gasteiger partial charge in [-0.2, -0.15) is 11.8 Å². The molecule has 0 heterocycles. The first kappa shape index (κ1) is 25.1. The maximum atomic E-state index is 12.1. The van der Waals surface area contributed by atoms with Crippen molar-refractivity contribution in [3.05, 3.63) is 35.4 Å². The van der Waals surface area contributed by atoms with Crippen LogP contribution in [0.3, 0.4) is 0 Å². The minimum atomic E-state index is -0.00177. The topological polar surface area (TPSA) is 65.5 Å². The predicted molar refractivity (Wildman–Crippen MR) is 132 cm³/mol. The van der Waals surface area contributed by atoms with Gasteiger partial charge >= 0.3 is 0 Å². The summed E-state index contributed by atoms with van der Waals surface area (Å²) in [6.45, 7) is 6.39. The molecule has 0 saturated heterocycles. The van der Waals surface area contributed by atoms with Crippen LogP contribution in [0.15, 0.2) is 29.3 Å². The Morgan fingerprint density at radius 2 is 1.93 bits per heavy atom. The Labute approximate surface area is 191 Å². The summed E-state index contributed by atoms with van der Waals surface area (Å²) in [5, 5.41) is 10.6. The van der Waals surface area contributed by atoms with E-state index in [-0.39, 0.29) is 29.9 Å². The molecule has 0 spiro atoms. The summed E-state index contributed by atoms with van der Waals surface area (Å²) in [4.78, 5) is 16.8. The molecule has 5 nitrogen and oxygen atoms in total. The largest absolute Gasteiger partial charge is 0.357 e. The average molecular weight is 519 g/mol. The lowest BCUT2D eigenvalue weighted by atomic mass is 10.1. The van der Waals surface area contributed by atoms with Gasteiger partial charge in [0.05, 0.1) is 6.54 Å². The molecule has 0 aliphatic heterocycles. The number of amides is 1. The number of halogens is 1. The monoisotopic (exact) mass is 518 g/mol. The first-order valence-corrected chi connectivity index (χ1v) is 11.4. The molecule has 1 saturated carbocycles. The summed E-state index contributed by atoms with van der Waals surface area (Å²) >= 11 is 1.96. The van der Waals surface area contributed by atoms with Gasteiger partial charge in [-0.3, -0.25) is 4.79 Å². The number of nitrogens with one attached hydrogen (secondary N) is 3. The van der Waals surface area contributed by atoms with E-state index in [1.165, 1.54) is 19.3 Å². The van der Waals surface area contributed by atoms with Crippen molar-refractivity contribution < 1.29 is 4.79 Å². The third-order valence-electron chi connectivity index (χ3n) is 4.85. The van der Waals surface area contributed by atoms with Gasteiger partial charge in [-0.25, -0.2) is 4.99 Å². The van der Waals surface area contributed by atoms with Gasteiger partial charge in [-0.05, 0) is 56.6 Å². The quantitative estimate of drug-likeness (QED) is 0.199. The molecule has 0 bridgehead atoms. The molecule has 7 heteroatoms. The molecular weight excluding hydrogens is 483 g/mol. The normalized spacial score (nSPS) is 19.0. The zero-order chi connectivity index (χ0) is 19.5. The molecule has 158 valence electrons. The Kier molecular flexibility index (Phi) is 12.6. The van der Waals surface area contributed by atoms with E-state index in [4.69, 9.17) is 4.99 Å². The lowest BCUT2D eigenvalue weighted by molar-refractivity contribution is 0.0953. The van der Waals surface area contributed by atoms with Gasteiger partial charge in [-0.15, -0.1) is 24.0 Å². The highest BCUT2D eigenvalue weighted by molar-refractivity contribution is 14.0. The van der Waals surface area contributed by atoms with Crippen molar-refractivity contribution in [1.29, 1.82) is 0 Å². The Morgan fingerprint density at radius 1 is 1.18 bits per heavy atom. The molecule has 0 radical (unpaired) electrons. The van der Waals surface area contributed by atoms with E-state index in [0.29, 0.717) is 18.2 Å². The molecule has 1 fully saturated rings. The van der Waals surface area contributed by atoms with Crippen LogP contribution in [0.1, 0.15) is 61.9 Å². The van der Waals surface area contributed by atoms with Crippen molar-refractivity contribution in [3.8, 4) is 0 Å². The number of benzene rings is 1. The first-order valence-electron chi connectivity index (χ1n) is 10.1. The Morgan fingerprint density at radius 3 is 2.54 bits per heavy atom. The first-order chi connectivity index (χ1) is 13.2. The van der Waals surface area contributed by atoms with Gasteiger partial charge in [0.25, 0.3) is 5.91 Å². The molecule has 1 aliphatic carbocycles. The summed E-state index contributed by atoms with van der Waals surface area (Å²) in [6, 6.07) is 8.25. The highest BCUT2D eigenvalue weighted by atomic mass is 127. The van der Waals surface area contributed by atoms with Crippen LogP contribution in [0.5, 0.6) is 0 Å². The molecule has 1 amide bonds. The third-order valence-corrected chi connectivity index (χ3v) is 5.95. The highest BCUT2D eigenvalue weighted by Crippen LogP contribution is 2.28. The van der Waals surface area contributed by atoms with Gasteiger partial charge < -0.3 is 16.0 Å². The van der Waals surface area contributed by atoms with Gasteiger partial charge in [-0.1, -0.05) is 25.5 Å². The summed E-state index contributed by atoms with van der Waals surface area (Å²) in [7, 11) is 0. The number of unbranched alkanes of at least 4 members (excludes halogenated alkanes) is 1. The van der Waals surface area contributed by atoms with Crippen LogP contribution in [0.2, 0.25) is 0 Å². The lowest BCUT2D eigenvalue weighted by Crippen LogP contribution is -2.42. The second-order valence-electron chi connectivity index (χ2n) is 7.01. The van der Waals surface area contributed by atoms with E-state index in [0.717, 1.165) is 42.7 Å². The van der Waals surface area contributed by atoms with Crippen molar-refractivity contribution in [2.24, 2.45) is 4.99 Å².